The highest BCUT2D eigenvalue weighted by molar-refractivity contribution is 9.10. The molecule has 0 spiro atoms. The molecule has 1 heterocycles. The van der Waals surface area contributed by atoms with E-state index in [9.17, 15) is 4.39 Å². The molecule has 0 saturated carbocycles. The highest BCUT2D eigenvalue weighted by Crippen LogP contribution is 2.23. The summed E-state index contributed by atoms with van der Waals surface area (Å²) in [6, 6.07) is 6.61. The van der Waals surface area contributed by atoms with Crippen LogP contribution >= 0.6 is 38.9 Å². The second-order valence-electron chi connectivity index (χ2n) is 3.21. The van der Waals surface area contributed by atoms with Crippen molar-refractivity contribution in [3.8, 4) is 0 Å². The maximum Gasteiger partial charge on any atom is 0.147 e. The molecule has 0 bridgehead atoms. The Kier molecular flexibility index (Phi) is 3.84. The van der Waals surface area contributed by atoms with Crippen molar-refractivity contribution in [2.45, 2.75) is 6.54 Å². The van der Waals surface area contributed by atoms with Crippen molar-refractivity contribution < 1.29 is 4.39 Å². The zero-order valence-corrected chi connectivity index (χ0v) is 11.3. The highest BCUT2D eigenvalue weighted by atomic mass is 79.9. The molecule has 1 nitrogen and oxygen atoms in total. The van der Waals surface area contributed by atoms with Crippen molar-refractivity contribution in [1.29, 1.82) is 0 Å². The van der Waals surface area contributed by atoms with Gasteiger partial charge in [-0.05, 0) is 40.2 Å². The molecule has 1 N–H and O–H groups in total. The Bertz CT molecular complexity index is 500. The number of nitrogens with one attached hydrogen (secondary N) is 1. The Morgan fingerprint density at radius 2 is 2.19 bits per heavy atom. The molecule has 0 saturated heterocycles. The highest BCUT2D eigenvalue weighted by Gasteiger charge is 2.03. The van der Waals surface area contributed by atoms with Crippen LogP contribution in [-0.2, 0) is 6.54 Å². The Balaban J connectivity index is 2.04. The maximum absolute atomic E-state index is 13.4. The summed E-state index contributed by atoms with van der Waals surface area (Å²) in [5, 5.41) is 5.43. The van der Waals surface area contributed by atoms with Gasteiger partial charge < -0.3 is 5.32 Å². The third kappa shape index (κ3) is 2.97. The Morgan fingerprint density at radius 1 is 1.38 bits per heavy atom. The molecule has 1 aromatic heterocycles. The molecule has 0 radical (unpaired) electrons. The summed E-state index contributed by atoms with van der Waals surface area (Å²) in [7, 11) is 0. The van der Waals surface area contributed by atoms with Crippen LogP contribution in [0.2, 0.25) is 5.02 Å². The Morgan fingerprint density at radius 3 is 2.81 bits per heavy atom. The van der Waals surface area contributed by atoms with E-state index in [0.717, 1.165) is 9.35 Å². The standard InChI is InChI=1S/C11H8BrClFNS/c12-7-3-9(16-6-7)5-15-11-2-1-8(13)4-10(11)14/h1-4,6,15H,5H2. The lowest BCUT2D eigenvalue weighted by molar-refractivity contribution is 0.630. The number of rotatable bonds is 3. The number of hydrogen-bond donors (Lipinski definition) is 1. The minimum Gasteiger partial charge on any atom is -0.378 e. The molecular formula is C11H8BrClFNS. The molecule has 0 fully saturated rings. The SMILES string of the molecule is Fc1cc(Cl)ccc1NCc1cc(Br)cs1. The van der Waals surface area contributed by atoms with Crippen LogP contribution < -0.4 is 5.32 Å². The summed E-state index contributed by atoms with van der Waals surface area (Å²) in [6.07, 6.45) is 0. The molecule has 1 aromatic carbocycles. The first-order chi connectivity index (χ1) is 7.65. The molecule has 0 atom stereocenters. The second kappa shape index (κ2) is 5.17. The number of anilines is 1. The molecule has 0 aliphatic carbocycles. The fraction of sp³-hybridized carbons (Fsp3) is 0.0909. The molecular weight excluding hydrogens is 313 g/mol. The normalized spacial score (nSPS) is 10.4. The molecule has 5 heteroatoms. The van der Waals surface area contributed by atoms with Crippen molar-refractivity contribution in [3.63, 3.8) is 0 Å². The smallest absolute Gasteiger partial charge is 0.147 e. The van der Waals surface area contributed by atoms with Gasteiger partial charge in [0, 0.05) is 26.3 Å². The van der Waals surface area contributed by atoms with Gasteiger partial charge in [0.15, 0.2) is 0 Å². The van der Waals surface area contributed by atoms with Gasteiger partial charge in [-0.1, -0.05) is 11.6 Å². The van der Waals surface area contributed by atoms with Gasteiger partial charge in [-0.25, -0.2) is 4.39 Å². The number of hydrogen-bond acceptors (Lipinski definition) is 2. The molecule has 0 aliphatic heterocycles. The van der Waals surface area contributed by atoms with E-state index in [1.165, 1.54) is 6.07 Å². The van der Waals surface area contributed by atoms with E-state index < -0.39 is 0 Å². The van der Waals surface area contributed by atoms with Gasteiger partial charge in [-0.3, -0.25) is 0 Å². The topological polar surface area (TPSA) is 12.0 Å². The third-order valence-corrected chi connectivity index (χ3v) is 3.94. The lowest BCUT2D eigenvalue weighted by Crippen LogP contribution is -1.99. The van der Waals surface area contributed by atoms with E-state index in [0.29, 0.717) is 17.3 Å². The molecule has 2 rings (SSSR count). The fourth-order valence-electron chi connectivity index (χ4n) is 1.26. The van der Waals surface area contributed by atoms with Crippen LogP contribution in [0.3, 0.4) is 0 Å². The zero-order valence-electron chi connectivity index (χ0n) is 8.14. The first kappa shape index (κ1) is 11.9. The zero-order chi connectivity index (χ0) is 11.5. The monoisotopic (exact) mass is 319 g/mol. The summed E-state index contributed by atoms with van der Waals surface area (Å²) in [4.78, 5) is 1.14. The van der Waals surface area contributed by atoms with Crippen LogP contribution in [0, 0.1) is 5.82 Å². The molecule has 0 amide bonds. The van der Waals surface area contributed by atoms with Gasteiger partial charge >= 0.3 is 0 Å². The van der Waals surface area contributed by atoms with Gasteiger partial charge in [-0.2, -0.15) is 0 Å². The minimum absolute atomic E-state index is 0.330. The van der Waals surface area contributed by atoms with Crippen LogP contribution in [0.5, 0.6) is 0 Å². The Labute approximate surface area is 110 Å². The van der Waals surface area contributed by atoms with E-state index in [2.05, 4.69) is 21.2 Å². The van der Waals surface area contributed by atoms with E-state index in [1.54, 1.807) is 23.5 Å². The lowest BCUT2D eigenvalue weighted by Gasteiger charge is -2.06. The maximum atomic E-state index is 13.4. The number of halogens is 3. The summed E-state index contributed by atoms with van der Waals surface area (Å²) in [6.45, 7) is 0.606. The third-order valence-electron chi connectivity index (χ3n) is 2.01. The van der Waals surface area contributed by atoms with Gasteiger partial charge in [0.05, 0.1) is 5.69 Å². The van der Waals surface area contributed by atoms with E-state index in [1.807, 2.05) is 11.4 Å². The van der Waals surface area contributed by atoms with Crippen molar-refractivity contribution >= 4 is 44.6 Å². The van der Waals surface area contributed by atoms with Crippen LogP contribution in [0.1, 0.15) is 4.88 Å². The van der Waals surface area contributed by atoms with Gasteiger partial charge in [0.1, 0.15) is 5.82 Å². The van der Waals surface area contributed by atoms with Gasteiger partial charge in [0.2, 0.25) is 0 Å². The van der Waals surface area contributed by atoms with Crippen LogP contribution in [0.15, 0.2) is 34.1 Å². The van der Waals surface area contributed by atoms with Crippen molar-refractivity contribution in [1.82, 2.24) is 0 Å². The van der Waals surface area contributed by atoms with Gasteiger partial charge in [-0.15, -0.1) is 11.3 Å². The summed E-state index contributed by atoms with van der Waals surface area (Å²) >= 11 is 10.7. The largest absolute Gasteiger partial charge is 0.378 e. The molecule has 0 aliphatic rings. The van der Waals surface area contributed by atoms with E-state index in [-0.39, 0.29) is 5.82 Å². The molecule has 0 unspecified atom stereocenters. The summed E-state index contributed by atoms with van der Waals surface area (Å²) < 4.78 is 14.5. The molecule has 84 valence electrons. The molecule has 16 heavy (non-hydrogen) atoms. The number of thiophene rings is 1. The average Bonchev–Trinajstić information content (AvgIpc) is 2.63. The van der Waals surface area contributed by atoms with E-state index in [4.69, 9.17) is 11.6 Å². The molecule has 2 aromatic rings. The van der Waals surface area contributed by atoms with Crippen LogP contribution in [-0.4, -0.2) is 0 Å². The minimum atomic E-state index is -0.330. The predicted molar refractivity (Wildman–Crippen MR) is 70.8 cm³/mol. The van der Waals surface area contributed by atoms with Crippen LogP contribution in [0.4, 0.5) is 10.1 Å². The van der Waals surface area contributed by atoms with Crippen molar-refractivity contribution in [3.05, 3.63) is 49.8 Å². The summed E-state index contributed by atoms with van der Waals surface area (Å²) in [5.74, 6) is -0.330. The summed E-state index contributed by atoms with van der Waals surface area (Å²) in [5.41, 5.74) is 0.467. The van der Waals surface area contributed by atoms with Crippen molar-refractivity contribution in [2.24, 2.45) is 0 Å². The fourth-order valence-corrected chi connectivity index (χ4v) is 2.81. The van der Waals surface area contributed by atoms with E-state index >= 15 is 0 Å². The number of benzene rings is 1. The first-order valence-electron chi connectivity index (χ1n) is 4.57. The Hall–Kier alpha value is -0.580. The lowest BCUT2D eigenvalue weighted by atomic mass is 10.3. The quantitative estimate of drug-likeness (QED) is 0.847. The first-order valence-corrected chi connectivity index (χ1v) is 6.62. The second-order valence-corrected chi connectivity index (χ2v) is 5.56. The predicted octanol–water partition coefficient (Wildman–Crippen LogP) is 4.92. The van der Waals surface area contributed by atoms with Crippen LogP contribution in [0.25, 0.3) is 0 Å². The average molecular weight is 321 g/mol. The van der Waals surface area contributed by atoms with Crippen molar-refractivity contribution in [2.75, 3.05) is 5.32 Å². The van der Waals surface area contributed by atoms with Gasteiger partial charge in [0.25, 0.3) is 0 Å².